The number of rotatable bonds is 7. The van der Waals surface area contributed by atoms with Crippen LogP contribution in [0.25, 0.3) is 0 Å². The Hall–Kier alpha value is -0.690. The Balaban J connectivity index is 1.48. The van der Waals surface area contributed by atoms with Crippen molar-refractivity contribution in [3.8, 4) is 0 Å². The zero-order chi connectivity index (χ0) is 30.6. The minimum Gasteiger partial charge on any atom is -0.481 e. The lowest BCUT2D eigenvalue weighted by Gasteiger charge is -2.78. The molecular weight excluding hydrogens is 528 g/mol. The second-order valence-corrected chi connectivity index (χ2v) is 17.5. The van der Waals surface area contributed by atoms with Gasteiger partial charge in [0.15, 0.2) is 5.79 Å². The molecule has 6 aliphatic rings. The molecule has 6 fully saturated rings. The van der Waals surface area contributed by atoms with Gasteiger partial charge in [-0.1, -0.05) is 60.3 Å². The highest BCUT2D eigenvalue weighted by atomic mass is 16.6. The normalized spacial score (nSPS) is 56.6. The van der Waals surface area contributed by atoms with Crippen molar-refractivity contribution >= 4 is 5.97 Å². The lowest BCUT2D eigenvalue weighted by atomic mass is 9.26. The van der Waals surface area contributed by atoms with Crippen molar-refractivity contribution in [3.05, 3.63) is 0 Å². The number of fused-ring (bicyclic) bond motifs is 7. The molecule has 0 aromatic carbocycles. The molecule has 42 heavy (non-hydrogen) atoms. The van der Waals surface area contributed by atoms with Gasteiger partial charge in [-0.2, -0.15) is 0 Å². The maximum atomic E-state index is 12.7. The van der Waals surface area contributed by atoms with E-state index in [2.05, 4.69) is 34.6 Å². The lowest BCUT2D eigenvalue weighted by Crippen LogP contribution is -2.76. The number of aliphatic hydroxyl groups excluding tert-OH is 2. The number of aliphatic carboxylic acids is 1. The predicted octanol–water partition coefficient (Wildman–Crippen LogP) is 6.94. The second kappa shape index (κ2) is 9.66. The summed E-state index contributed by atoms with van der Waals surface area (Å²) < 4.78 is 6.14. The van der Waals surface area contributed by atoms with E-state index in [0.717, 1.165) is 64.2 Å². The fourth-order valence-electron chi connectivity index (χ4n) is 13.8. The Morgan fingerprint density at radius 3 is 2.24 bits per heavy atom. The van der Waals surface area contributed by atoms with Crippen LogP contribution in [-0.2, 0) is 9.53 Å². The van der Waals surface area contributed by atoms with E-state index in [4.69, 9.17) is 4.74 Å². The number of carboxylic acid groups (broad SMARTS) is 1. The highest BCUT2D eigenvalue weighted by Gasteiger charge is 2.81. The molecule has 240 valence electrons. The largest absolute Gasteiger partial charge is 0.481 e. The van der Waals surface area contributed by atoms with E-state index in [1.54, 1.807) is 0 Å². The first kappa shape index (κ1) is 31.3. The van der Waals surface area contributed by atoms with Gasteiger partial charge in [-0.25, -0.2) is 0 Å². The highest BCUT2D eigenvalue weighted by molar-refractivity contribution is 5.74. The van der Waals surface area contributed by atoms with Gasteiger partial charge in [-0.15, -0.1) is 0 Å². The van der Waals surface area contributed by atoms with E-state index in [0.29, 0.717) is 18.4 Å². The van der Waals surface area contributed by atoms with Gasteiger partial charge < -0.3 is 25.2 Å². The van der Waals surface area contributed by atoms with Crippen LogP contribution in [0.5, 0.6) is 0 Å². The van der Waals surface area contributed by atoms with Crippen LogP contribution in [0.15, 0.2) is 0 Å². The van der Waals surface area contributed by atoms with Gasteiger partial charge in [0.1, 0.15) is 0 Å². The van der Waals surface area contributed by atoms with Gasteiger partial charge in [0.25, 0.3) is 0 Å². The Bertz CT molecular complexity index is 1090. The lowest BCUT2D eigenvalue weighted by molar-refractivity contribution is -0.335. The van der Waals surface area contributed by atoms with Crippen LogP contribution in [0, 0.1) is 55.7 Å². The van der Waals surface area contributed by atoms with Crippen molar-refractivity contribution in [3.63, 3.8) is 0 Å². The average Bonchev–Trinajstić information content (AvgIpc) is 3.11. The fourth-order valence-corrected chi connectivity index (χ4v) is 13.8. The van der Waals surface area contributed by atoms with E-state index in [9.17, 15) is 25.2 Å². The number of hydrogen-bond acceptors (Lipinski definition) is 5. The van der Waals surface area contributed by atoms with Crippen LogP contribution in [0.4, 0.5) is 0 Å². The molecule has 1 saturated heterocycles. The molecule has 6 nitrogen and oxygen atoms in total. The highest BCUT2D eigenvalue weighted by Crippen LogP contribution is 2.83. The van der Waals surface area contributed by atoms with E-state index < -0.39 is 34.1 Å². The molecule has 0 aromatic heterocycles. The van der Waals surface area contributed by atoms with E-state index >= 15 is 0 Å². The molecule has 1 aliphatic heterocycles. The van der Waals surface area contributed by atoms with Crippen molar-refractivity contribution in [2.45, 2.75) is 150 Å². The summed E-state index contributed by atoms with van der Waals surface area (Å²) in [7, 11) is 0. The minimum absolute atomic E-state index is 0.00685. The Morgan fingerprint density at radius 2 is 1.57 bits per heavy atom. The Labute approximate surface area is 254 Å². The molecule has 6 heteroatoms. The van der Waals surface area contributed by atoms with Crippen LogP contribution >= 0.6 is 0 Å². The summed E-state index contributed by atoms with van der Waals surface area (Å²) in [5.74, 6) is -1.42. The standard InChI is InChI=1S/C36H60O6/c1-7-8-9-10-12-33-19-18-32(6)25(11-13-34-23-42-36(41,24(34)2)21-27(38)35(32,34)22-37)31(33,5)17-16-29(3)14-15-30(4,28(39)40)20-26(29)33/h24-27,37-38,41H,7-23H2,1-6H3,(H,39,40)/t24-,25-,26-,27-,29-,30-,31-,32-,33+,34+,35+,36+/m1/s1. The molecule has 1 spiro atoms. The second-order valence-electron chi connectivity index (χ2n) is 17.5. The summed E-state index contributed by atoms with van der Waals surface area (Å²) >= 11 is 0. The van der Waals surface area contributed by atoms with Gasteiger partial charge in [0.2, 0.25) is 0 Å². The zero-order valence-electron chi connectivity index (χ0n) is 27.4. The first-order chi connectivity index (χ1) is 19.6. The van der Waals surface area contributed by atoms with Crippen molar-refractivity contribution < 1.29 is 30.0 Å². The SMILES string of the molecule is CCCCCC[C@@]12CC[C@]3(C)[C@H](CC[C@@]45CO[C@@](O)(C[C@@H](O)[C@]43CO)[C@@H]5C)[C@@]1(C)CC[C@@]1(C)CC[C@@](C)(C(=O)O)C[C@H]12. The zero-order valence-corrected chi connectivity index (χ0v) is 27.4. The molecule has 0 radical (unpaired) electrons. The molecule has 0 unspecified atom stereocenters. The van der Waals surface area contributed by atoms with Crippen molar-refractivity contribution in [2.75, 3.05) is 13.2 Å². The van der Waals surface area contributed by atoms with Gasteiger partial charge in [0, 0.05) is 23.2 Å². The average molecular weight is 589 g/mol. The van der Waals surface area contributed by atoms with Crippen LogP contribution in [0.2, 0.25) is 0 Å². The number of ether oxygens (including phenoxy) is 1. The maximum Gasteiger partial charge on any atom is 0.309 e. The van der Waals surface area contributed by atoms with Crippen molar-refractivity contribution in [2.24, 2.45) is 55.7 Å². The maximum absolute atomic E-state index is 12.7. The van der Waals surface area contributed by atoms with E-state index in [1.807, 2.05) is 6.92 Å². The van der Waals surface area contributed by atoms with E-state index in [-0.39, 0.29) is 40.6 Å². The molecule has 4 N–H and O–H groups in total. The quantitative estimate of drug-likeness (QED) is 0.240. The summed E-state index contributed by atoms with van der Waals surface area (Å²) in [6.07, 6.45) is 14.0. The Kier molecular flexibility index (Phi) is 7.20. The fraction of sp³-hybridized carbons (Fsp3) is 0.972. The molecule has 0 amide bonds. The first-order valence-electron chi connectivity index (χ1n) is 17.5. The van der Waals surface area contributed by atoms with Crippen LogP contribution in [0.3, 0.4) is 0 Å². The number of hydrogen-bond donors (Lipinski definition) is 4. The molecule has 1 heterocycles. The minimum atomic E-state index is -1.32. The van der Waals surface area contributed by atoms with Gasteiger partial charge in [0.05, 0.1) is 24.7 Å². The number of carbonyl (C=O) groups is 1. The summed E-state index contributed by atoms with van der Waals surface area (Å²) in [4.78, 5) is 12.7. The summed E-state index contributed by atoms with van der Waals surface area (Å²) in [5.41, 5.74) is -1.96. The molecular formula is C36H60O6. The van der Waals surface area contributed by atoms with Crippen LogP contribution < -0.4 is 0 Å². The first-order valence-corrected chi connectivity index (χ1v) is 17.5. The molecule has 5 saturated carbocycles. The molecule has 6 rings (SSSR count). The molecule has 5 aliphatic carbocycles. The van der Waals surface area contributed by atoms with Crippen LogP contribution in [0.1, 0.15) is 138 Å². The third-order valence-corrected chi connectivity index (χ3v) is 16.6. The molecule has 12 atom stereocenters. The third-order valence-electron chi connectivity index (χ3n) is 16.6. The summed E-state index contributed by atoms with van der Waals surface area (Å²) in [5, 5.41) is 45.4. The smallest absolute Gasteiger partial charge is 0.309 e. The summed E-state index contributed by atoms with van der Waals surface area (Å²) in [6, 6.07) is 0. The molecule has 2 bridgehead atoms. The Morgan fingerprint density at radius 1 is 0.881 bits per heavy atom. The van der Waals surface area contributed by atoms with E-state index in [1.165, 1.54) is 25.7 Å². The third kappa shape index (κ3) is 3.50. The van der Waals surface area contributed by atoms with Crippen molar-refractivity contribution in [1.29, 1.82) is 0 Å². The topological polar surface area (TPSA) is 107 Å². The van der Waals surface area contributed by atoms with Gasteiger partial charge in [-0.3, -0.25) is 4.79 Å². The monoisotopic (exact) mass is 588 g/mol. The summed E-state index contributed by atoms with van der Waals surface area (Å²) in [6.45, 7) is 14.1. The van der Waals surface area contributed by atoms with Gasteiger partial charge in [-0.05, 0) is 105 Å². The molecule has 0 aromatic rings. The number of unbranched alkanes of at least 4 members (excludes halogenated alkanes) is 3. The predicted molar refractivity (Wildman–Crippen MR) is 162 cm³/mol. The van der Waals surface area contributed by atoms with Gasteiger partial charge >= 0.3 is 5.97 Å². The number of carboxylic acids is 1. The van der Waals surface area contributed by atoms with Crippen LogP contribution in [-0.4, -0.2) is 51.5 Å². The van der Waals surface area contributed by atoms with Crippen molar-refractivity contribution in [1.82, 2.24) is 0 Å². The number of aliphatic hydroxyl groups is 3.